The second kappa shape index (κ2) is 6.88. The molecule has 7 heteroatoms. The number of benzene rings is 1. The predicted octanol–water partition coefficient (Wildman–Crippen LogP) is 2.55. The zero-order valence-electron chi connectivity index (χ0n) is 9.69. The first kappa shape index (κ1) is 15.2. The van der Waals surface area contributed by atoms with Crippen LogP contribution in [0.2, 0.25) is 10.0 Å². The van der Waals surface area contributed by atoms with Gasteiger partial charge in [0.25, 0.3) is 0 Å². The van der Waals surface area contributed by atoms with Crippen molar-refractivity contribution in [2.24, 2.45) is 0 Å². The molecule has 2 N–H and O–H groups in total. The van der Waals surface area contributed by atoms with Crippen LogP contribution in [0.4, 0.5) is 10.5 Å². The third-order valence-corrected chi connectivity index (χ3v) is 2.72. The molecule has 0 atom stereocenters. The Morgan fingerprint density at radius 2 is 1.95 bits per heavy atom. The number of halogens is 2. The monoisotopic (exact) mass is 300 g/mol. The number of anilines is 1. The van der Waals surface area contributed by atoms with Crippen molar-refractivity contribution in [3.05, 3.63) is 28.2 Å². The fourth-order valence-electron chi connectivity index (χ4n) is 1.28. The molecule has 0 heterocycles. The summed E-state index contributed by atoms with van der Waals surface area (Å²) < 4.78 is 0. The van der Waals surface area contributed by atoms with E-state index in [9.17, 15) is 9.59 Å². The largest absolute Gasteiger partial charge is 0.480 e. The number of hydrogen-bond acceptors (Lipinski definition) is 2. The second-order valence-corrected chi connectivity index (χ2v) is 4.30. The zero-order valence-corrected chi connectivity index (χ0v) is 11.2. The highest BCUT2D eigenvalue weighted by Crippen LogP contribution is 2.29. The van der Waals surface area contributed by atoms with Crippen LogP contribution in [0, 0.1) is 12.3 Å². The highest BCUT2D eigenvalue weighted by atomic mass is 35.5. The Kier molecular flexibility index (Phi) is 5.49. The Morgan fingerprint density at radius 1 is 1.37 bits per heavy atom. The van der Waals surface area contributed by atoms with Crippen molar-refractivity contribution in [2.75, 3.05) is 18.4 Å². The number of carbonyl (C=O) groups excluding carboxylic acids is 1. The number of para-hydroxylation sites is 1. The van der Waals surface area contributed by atoms with Gasteiger partial charge in [-0.25, -0.2) is 4.79 Å². The normalized spacial score (nSPS) is 9.53. The van der Waals surface area contributed by atoms with E-state index in [2.05, 4.69) is 11.2 Å². The molecular formula is C12H10Cl2N2O3. The number of nitrogens with zero attached hydrogens (tertiary/aromatic N) is 1. The molecule has 19 heavy (non-hydrogen) atoms. The molecular weight excluding hydrogens is 291 g/mol. The van der Waals surface area contributed by atoms with Gasteiger partial charge in [0, 0.05) is 0 Å². The SMILES string of the molecule is C#CCN(CC(=O)O)C(=O)Nc1c(Cl)cccc1Cl. The summed E-state index contributed by atoms with van der Waals surface area (Å²) in [6.07, 6.45) is 5.08. The van der Waals surface area contributed by atoms with Crippen molar-refractivity contribution < 1.29 is 14.7 Å². The molecule has 2 amide bonds. The van der Waals surface area contributed by atoms with Crippen molar-refractivity contribution >= 4 is 40.9 Å². The number of nitrogens with one attached hydrogen (secondary N) is 1. The Morgan fingerprint density at radius 3 is 2.42 bits per heavy atom. The van der Waals surface area contributed by atoms with Gasteiger partial charge >= 0.3 is 12.0 Å². The highest BCUT2D eigenvalue weighted by molar-refractivity contribution is 6.39. The molecule has 0 spiro atoms. The Labute approximate surface area is 120 Å². The first-order valence-corrected chi connectivity index (χ1v) is 5.86. The fraction of sp³-hybridized carbons (Fsp3) is 0.167. The summed E-state index contributed by atoms with van der Waals surface area (Å²) >= 11 is 11.8. The van der Waals surface area contributed by atoms with Crippen LogP contribution >= 0.6 is 23.2 Å². The maximum Gasteiger partial charge on any atom is 0.323 e. The van der Waals surface area contributed by atoms with Crippen molar-refractivity contribution in [1.82, 2.24) is 4.90 Å². The number of carboxylic acid groups (broad SMARTS) is 1. The van der Waals surface area contributed by atoms with Gasteiger partial charge in [-0.3, -0.25) is 4.79 Å². The summed E-state index contributed by atoms with van der Waals surface area (Å²) in [5.41, 5.74) is 0.211. The van der Waals surface area contributed by atoms with Crippen LogP contribution in [0.15, 0.2) is 18.2 Å². The molecule has 0 bridgehead atoms. The molecule has 0 aliphatic rings. The van der Waals surface area contributed by atoms with Crippen molar-refractivity contribution in [3.63, 3.8) is 0 Å². The van der Waals surface area contributed by atoms with Gasteiger partial charge in [-0.15, -0.1) is 6.42 Å². The molecule has 0 aliphatic carbocycles. The Hall–Kier alpha value is -1.90. The van der Waals surface area contributed by atoms with Gasteiger partial charge in [0.1, 0.15) is 6.54 Å². The molecule has 5 nitrogen and oxygen atoms in total. The van der Waals surface area contributed by atoms with E-state index < -0.39 is 18.5 Å². The van der Waals surface area contributed by atoms with Gasteiger partial charge in [0.2, 0.25) is 0 Å². The van der Waals surface area contributed by atoms with Crippen LogP contribution in [-0.4, -0.2) is 35.1 Å². The van der Waals surface area contributed by atoms with Gasteiger partial charge < -0.3 is 15.3 Å². The molecule has 0 saturated carbocycles. The van der Waals surface area contributed by atoms with E-state index in [0.717, 1.165) is 4.90 Å². The topological polar surface area (TPSA) is 69.6 Å². The van der Waals surface area contributed by atoms with E-state index in [-0.39, 0.29) is 22.3 Å². The number of hydrogen-bond donors (Lipinski definition) is 2. The smallest absolute Gasteiger partial charge is 0.323 e. The zero-order chi connectivity index (χ0) is 14.4. The second-order valence-electron chi connectivity index (χ2n) is 3.48. The Balaban J connectivity index is 2.87. The molecule has 0 fully saturated rings. The fourth-order valence-corrected chi connectivity index (χ4v) is 1.77. The highest BCUT2D eigenvalue weighted by Gasteiger charge is 2.18. The first-order chi connectivity index (χ1) is 8.95. The minimum atomic E-state index is -1.17. The number of urea groups is 1. The van der Waals surface area contributed by atoms with E-state index in [1.165, 1.54) is 0 Å². The average Bonchev–Trinajstić information content (AvgIpc) is 2.32. The van der Waals surface area contributed by atoms with E-state index in [0.29, 0.717) is 0 Å². The summed E-state index contributed by atoms with van der Waals surface area (Å²) in [4.78, 5) is 23.5. The lowest BCUT2D eigenvalue weighted by Crippen LogP contribution is -2.39. The molecule has 0 radical (unpaired) electrons. The van der Waals surface area contributed by atoms with Gasteiger partial charge in [-0.1, -0.05) is 35.2 Å². The van der Waals surface area contributed by atoms with Crippen LogP contribution in [0.3, 0.4) is 0 Å². The van der Waals surface area contributed by atoms with Crippen molar-refractivity contribution in [1.29, 1.82) is 0 Å². The molecule has 1 aromatic rings. The lowest BCUT2D eigenvalue weighted by Gasteiger charge is -2.19. The quantitative estimate of drug-likeness (QED) is 0.840. The van der Waals surface area contributed by atoms with E-state index in [4.69, 9.17) is 34.7 Å². The third kappa shape index (κ3) is 4.36. The van der Waals surface area contributed by atoms with Crippen LogP contribution in [0.1, 0.15) is 0 Å². The average molecular weight is 301 g/mol. The molecule has 0 aromatic heterocycles. The molecule has 100 valence electrons. The van der Waals surface area contributed by atoms with E-state index in [1.54, 1.807) is 18.2 Å². The van der Waals surface area contributed by atoms with Crippen LogP contribution in [0.5, 0.6) is 0 Å². The van der Waals surface area contributed by atoms with Crippen molar-refractivity contribution in [3.8, 4) is 12.3 Å². The number of terminal acetylenes is 1. The summed E-state index contributed by atoms with van der Waals surface area (Å²) in [7, 11) is 0. The van der Waals surface area contributed by atoms with Crippen molar-refractivity contribution in [2.45, 2.75) is 0 Å². The summed E-state index contributed by atoms with van der Waals surface area (Å²) in [5.74, 6) is 1.03. The molecule has 0 aliphatic heterocycles. The minimum absolute atomic E-state index is 0.139. The van der Waals surface area contributed by atoms with Gasteiger partial charge in [0.15, 0.2) is 0 Å². The van der Waals surface area contributed by atoms with E-state index >= 15 is 0 Å². The molecule has 1 rings (SSSR count). The van der Waals surface area contributed by atoms with Crippen LogP contribution in [0.25, 0.3) is 0 Å². The first-order valence-electron chi connectivity index (χ1n) is 5.11. The number of rotatable bonds is 4. The minimum Gasteiger partial charge on any atom is -0.480 e. The van der Waals surface area contributed by atoms with Gasteiger partial charge in [0.05, 0.1) is 22.3 Å². The number of amides is 2. The standard InChI is InChI=1S/C12H10Cl2N2O3/c1-2-6-16(7-10(17)18)12(19)15-11-8(13)4-3-5-9(11)14/h1,3-5H,6-7H2,(H,15,19)(H,17,18). The third-order valence-electron chi connectivity index (χ3n) is 2.09. The lowest BCUT2D eigenvalue weighted by atomic mass is 10.3. The summed E-state index contributed by atoms with van der Waals surface area (Å²) in [5, 5.41) is 11.6. The number of carboxylic acids is 1. The number of aliphatic carboxylic acids is 1. The lowest BCUT2D eigenvalue weighted by molar-refractivity contribution is -0.137. The van der Waals surface area contributed by atoms with Crippen LogP contribution < -0.4 is 5.32 Å². The summed E-state index contributed by atoms with van der Waals surface area (Å²) in [6.45, 7) is -0.654. The maximum atomic E-state index is 11.9. The molecule has 0 unspecified atom stereocenters. The predicted molar refractivity (Wildman–Crippen MR) is 73.5 cm³/mol. The molecule has 1 aromatic carbocycles. The van der Waals surface area contributed by atoms with Gasteiger partial charge in [-0.2, -0.15) is 0 Å². The molecule has 0 saturated heterocycles. The van der Waals surface area contributed by atoms with E-state index in [1.807, 2.05) is 0 Å². The Bertz CT molecular complexity index is 520. The van der Waals surface area contributed by atoms with Crippen LogP contribution in [-0.2, 0) is 4.79 Å². The summed E-state index contributed by atoms with van der Waals surface area (Å²) in [6, 6.07) is 4.03. The van der Waals surface area contributed by atoms with Gasteiger partial charge in [-0.05, 0) is 12.1 Å². The number of carbonyl (C=O) groups is 2. The maximum absolute atomic E-state index is 11.9.